The largest absolute Gasteiger partial charge is 0.340 e. The van der Waals surface area contributed by atoms with E-state index in [-0.39, 0.29) is 0 Å². The molecule has 7 nitrogen and oxygen atoms in total. The van der Waals surface area contributed by atoms with Crippen LogP contribution in [-0.4, -0.2) is 54.4 Å². The number of aryl methyl sites for hydroxylation is 2. The molecule has 1 aliphatic rings. The molecule has 0 spiro atoms. The van der Waals surface area contributed by atoms with Crippen molar-refractivity contribution in [3.63, 3.8) is 0 Å². The Morgan fingerprint density at radius 3 is 2.79 bits per heavy atom. The van der Waals surface area contributed by atoms with Crippen molar-refractivity contribution in [1.82, 2.24) is 18.8 Å². The first-order chi connectivity index (χ1) is 8.89. The summed E-state index contributed by atoms with van der Waals surface area (Å²) in [5.41, 5.74) is 0. The van der Waals surface area contributed by atoms with E-state index in [0.29, 0.717) is 30.7 Å². The van der Waals surface area contributed by atoms with E-state index in [2.05, 4.69) is 10.1 Å². The van der Waals surface area contributed by atoms with Gasteiger partial charge in [-0.2, -0.15) is 22.0 Å². The maximum atomic E-state index is 12.0. The van der Waals surface area contributed by atoms with E-state index in [1.54, 1.807) is 25.3 Å². The molecule has 1 saturated heterocycles. The van der Waals surface area contributed by atoms with Crippen LogP contribution in [0.5, 0.6) is 0 Å². The minimum absolute atomic E-state index is 0.369. The van der Waals surface area contributed by atoms with Crippen LogP contribution in [0.3, 0.4) is 0 Å². The van der Waals surface area contributed by atoms with Gasteiger partial charge in [0.05, 0.1) is 0 Å². The average Bonchev–Trinajstić information content (AvgIpc) is 2.95. The Bertz CT molecular complexity index is 526. The first-order valence-electron chi connectivity index (χ1n) is 6.36. The normalized spacial score (nSPS) is 21.4. The van der Waals surface area contributed by atoms with Gasteiger partial charge in [0.15, 0.2) is 5.82 Å². The van der Waals surface area contributed by atoms with Crippen LogP contribution >= 0.6 is 0 Å². The maximum Gasteiger partial charge on any atom is 0.281 e. The molecular weight excluding hydrogens is 268 g/mol. The summed E-state index contributed by atoms with van der Waals surface area (Å²) in [5, 5.41) is 3.85. The molecular formula is C11H20N4O3S. The van der Waals surface area contributed by atoms with Gasteiger partial charge in [-0.15, -0.1) is 0 Å². The van der Waals surface area contributed by atoms with Crippen LogP contribution in [0.1, 0.15) is 24.6 Å². The molecule has 2 heterocycles. The standard InChI is InChI=1S/C11H20N4O3S/c1-9-12-11(13-18-9)5-4-10-6-7-15(8-10)19(16,17)14(2)3/h10H,4-8H2,1-3H3. The molecule has 0 bridgehead atoms. The summed E-state index contributed by atoms with van der Waals surface area (Å²) in [6.45, 7) is 2.94. The fraction of sp³-hybridized carbons (Fsp3) is 0.818. The van der Waals surface area contributed by atoms with Crippen molar-refractivity contribution in [2.24, 2.45) is 5.92 Å². The first kappa shape index (κ1) is 14.4. The molecule has 1 unspecified atom stereocenters. The zero-order valence-electron chi connectivity index (χ0n) is 11.5. The van der Waals surface area contributed by atoms with Crippen LogP contribution in [0, 0.1) is 12.8 Å². The van der Waals surface area contributed by atoms with Crippen molar-refractivity contribution >= 4 is 10.2 Å². The molecule has 1 atom stereocenters. The molecule has 0 amide bonds. The van der Waals surface area contributed by atoms with Crippen LogP contribution < -0.4 is 0 Å². The highest BCUT2D eigenvalue weighted by molar-refractivity contribution is 7.86. The van der Waals surface area contributed by atoms with Gasteiger partial charge in [-0.1, -0.05) is 5.16 Å². The van der Waals surface area contributed by atoms with E-state index in [9.17, 15) is 8.42 Å². The highest BCUT2D eigenvalue weighted by atomic mass is 32.2. The van der Waals surface area contributed by atoms with Crippen molar-refractivity contribution in [3.05, 3.63) is 11.7 Å². The predicted molar refractivity (Wildman–Crippen MR) is 69.6 cm³/mol. The second-order valence-electron chi connectivity index (χ2n) is 5.07. The summed E-state index contributed by atoms with van der Waals surface area (Å²) >= 11 is 0. The molecule has 0 aliphatic carbocycles. The van der Waals surface area contributed by atoms with Gasteiger partial charge in [-0.25, -0.2) is 0 Å². The van der Waals surface area contributed by atoms with E-state index in [1.165, 1.54) is 4.31 Å². The molecule has 0 aromatic carbocycles. The summed E-state index contributed by atoms with van der Waals surface area (Å²) in [6, 6.07) is 0. The maximum absolute atomic E-state index is 12.0. The van der Waals surface area contributed by atoms with E-state index >= 15 is 0 Å². The fourth-order valence-corrected chi connectivity index (χ4v) is 3.45. The Labute approximate surface area is 113 Å². The molecule has 1 aliphatic heterocycles. The third kappa shape index (κ3) is 3.31. The van der Waals surface area contributed by atoms with Crippen molar-refractivity contribution in [1.29, 1.82) is 0 Å². The summed E-state index contributed by atoms with van der Waals surface area (Å²) in [7, 11) is -0.151. The van der Waals surface area contributed by atoms with E-state index in [4.69, 9.17) is 4.52 Å². The number of aromatic nitrogens is 2. The van der Waals surface area contributed by atoms with E-state index < -0.39 is 10.2 Å². The summed E-state index contributed by atoms with van der Waals surface area (Å²) in [5.74, 6) is 1.64. The minimum atomic E-state index is -3.27. The molecule has 2 rings (SSSR count). The van der Waals surface area contributed by atoms with Crippen LogP contribution in [0.15, 0.2) is 4.52 Å². The molecule has 0 N–H and O–H groups in total. The Balaban J connectivity index is 1.86. The number of nitrogens with zero attached hydrogens (tertiary/aromatic N) is 4. The molecule has 0 radical (unpaired) electrons. The van der Waals surface area contributed by atoms with Crippen molar-refractivity contribution in [2.75, 3.05) is 27.2 Å². The van der Waals surface area contributed by atoms with Gasteiger partial charge >= 0.3 is 0 Å². The topological polar surface area (TPSA) is 79.5 Å². The Hall–Kier alpha value is -0.990. The van der Waals surface area contributed by atoms with Crippen LogP contribution in [0.25, 0.3) is 0 Å². The van der Waals surface area contributed by atoms with Crippen LogP contribution in [0.4, 0.5) is 0 Å². The second kappa shape index (κ2) is 5.56. The number of rotatable bonds is 5. The van der Waals surface area contributed by atoms with Crippen molar-refractivity contribution < 1.29 is 12.9 Å². The first-order valence-corrected chi connectivity index (χ1v) is 7.76. The van der Waals surface area contributed by atoms with E-state index in [1.807, 2.05) is 0 Å². The molecule has 1 aromatic rings. The zero-order valence-corrected chi connectivity index (χ0v) is 12.4. The third-order valence-electron chi connectivity index (χ3n) is 3.38. The molecule has 0 saturated carbocycles. The lowest BCUT2D eigenvalue weighted by Crippen LogP contribution is -2.38. The van der Waals surface area contributed by atoms with Gasteiger partial charge in [0.2, 0.25) is 5.89 Å². The molecule has 108 valence electrons. The monoisotopic (exact) mass is 288 g/mol. The van der Waals surface area contributed by atoms with Crippen LogP contribution in [0.2, 0.25) is 0 Å². The lowest BCUT2D eigenvalue weighted by molar-refractivity contribution is 0.382. The summed E-state index contributed by atoms with van der Waals surface area (Å²) in [6.07, 6.45) is 2.51. The van der Waals surface area contributed by atoms with E-state index in [0.717, 1.165) is 19.3 Å². The molecule has 1 fully saturated rings. The van der Waals surface area contributed by atoms with Gasteiger partial charge in [-0.05, 0) is 18.8 Å². The van der Waals surface area contributed by atoms with Gasteiger partial charge in [0, 0.05) is 40.5 Å². The van der Waals surface area contributed by atoms with Crippen LogP contribution in [-0.2, 0) is 16.6 Å². The third-order valence-corrected chi connectivity index (χ3v) is 5.29. The van der Waals surface area contributed by atoms with Crippen molar-refractivity contribution in [3.8, 4) is 0 Å². The van der Waals surface area contributed by atoms with Gasteiger partial charge in [-0.3, -0.25) is 0 Å². The highest BCUT2D eigenvalue weighted by Gasteiger charge is 2.32. The average molecular weight is 288 g/mol. The van der Waals surface area contributed by atoms with Gasteiger partial charge in [0.1, 0.15) is 0 Å². The fourth-order valence-electron chi connectivity index (χ4n) is 2.25. The minimum Gasteiger partial charge on any atom is -0.340 e. The predicted octanol–water partition coefficient (Wildman–Crippen LogP) is 0.439. The second-order valence-corrected chi connectivity index (χ2v) is 7.21. The molecule has 8 heteroatoms. The Kier molecular flexibility index (Phi) is 4.22. The smallest absolute Gasteiger partial charge is 0.281 e. The summed E-state index contributed by atoms with van der Waals surface area (Å²) < 4.78 is 31.7. The zero-order chi connectivity index (χ0) is 14.0. The highest BCUT2D eigenvalue weighted by Crippen LogP contribution is 2.24. The number of hydrogen-bond donors (Lipinski definition) is 0. The number of hydrogen-bond acceptors (Lipinski definition) is 5. The quantitative estimate of drug-likeness (QED) is 0.785. The van der Waals surface area contributed by atoms with Gasteiger partial charge < -0.3 is 4.52 Å². The molecule has 19 heavy (non-hydrogen) atoms. The Morgan fingerprint density at radius 2 is 2.21 bits per heavy atom. The van der Waals surface area contributed by atoms with Gasteiger partial charge in [0.25, 0.3) is 10.2 Å². The lowest BCUT2D eigenvalue weighted by Gasteiger charge is -2.20. The summed E-state index contributed by atoms with van der Waals surface area (Å²) in [4.78, 5) is 4.15. The lowest BCUT2D eigenvalue weighted by atomic mass is 10.0. The molecule has 1 aromatic heterocycles. The Morgan fingerprint density at radius 1 is 1.47 bits per heavy atom. The SMILES string of the molecule is Cc1nc(CCC2CCN(S(=O)(=O)N(C)C)C2)no1. The van der Waals surface area contributed by atoms with Crippen molar-refractivity contribution in [2.45, 2.75) is 26.2 Å².